The minimum atomic E-state index is -0.297. The van der Waals surface area contributed by atoms with E-state index in [0.717, 1.165) is 32.0 Å². The Bertz CT molecular complexity index is 1120. The SMILES string of the molecule is CN1CCN2C[C@@H]3CCCN3C[C@H]2COc2ccc(F)c(c2)-c2cnn3ccc1nc23. The highest BCUT2D eigenvalue weighted by Crippen LogP contribution is 2.31. The first-order chi connectivity index (χ1) is 15.2. The van der Waals surface area contributed by atoms with E-state index in [1.54, 1.807) is 22.8 Å². The summed E-state index contributed by atoms with van der Waals surface area (Å²) in [6.07, 6.45) is 6.13. The Morgan fingerprint density at radius 3 is 2.84 bits per heavy atom. The number of anilines is 1. The number of rotatable bonds is 0. The Morgan fingerprint density at radius 1 is 1.03 bits per heavy atom. The van der Waals surface area contributed by atoms with Crippen molar-refractivity contribution in [2.45, 2.75) is 24.9 Å². The molecule has 3 aromatic rings. The predicted molar refractivity (Wildman–Crippen MR) is 117 cm³/mol. The van der Waals surface area contributed by atoms with Gasteiger partial charge in [-0.25, -0.2) is 13.9 Å². The van der Waals surface area contributed by atoms with Crippen LogP contribution in [0.2, 0.25) is 0 Å². The van der Waals surface area contributed by atoms with Crippen molar-refractivity contribution in [1.82, 2.24) is 24.4 Å². The van der Waals surface area contributed by atoms with Crippen LogP contribution in [0.3, 0.4) is 0 Å². The number of hydrogen-bond donors (Lipinski definition) is 0. The number of halogens is 1. The van der Waals surface area contributed by atoms with Crippen LogP contribution in [0.25, 0.3) is 16.8 Å². The fourth-order valence-corrected chi connectivity index (χ4v) is 5.23. The van der Waals surface area contributed by atoms with Crippen LogP contribution < -0.4 is 9.64 Å². The third-order valence-electron chi connectivity index (χ3n) is 7.04. The van der Waals surface area contributed by atoms with Gasteiger partial charge in [0.05, 0.1) is 12.2 Å². The summed E-state index contributed by atoms with van der Waals surface area (Å²) in [4.78, 5) is 12.2. The molecule has 0 spiro atoms. The number of benzene rings is 1. The van der Waals surface area contributed by atoms with Crippen LogP contribution in [0.5, 0.6) is 5.75 Å². The Balaban J connectivity index is 1.42. The topological polar surface area (TPSA) is 49.1 Å². The maximum Gasteiger partial charge on any atom is 0.165 e. The standard InChI is InChI=1S/C23H27FN6O/c1-27-9-10-29-13-16-3-2-7-28(16)14-17(29)15-31-18-4-5-21(24)19(11-18)20-12-25-30-8-6-22(27)26-23(20)30/h4-6,8,11-12,16-17H,2-3,7,9-10,13-15H2,1H3/t16-,17-/m0/s1. The van der Waals surface area contributed by atoms with Crippen molar-refractivity contribution >= 4 is 11.5 Å². The lowest BCUT2D eigenvalue weighted by Crippen LogP contribution is -2.59. The van der Waals surface area contributed by atoms with Crippen LogP contribution in [-0.4, -0.2) is 82.9 Å². The molecule has 0 amide bonds. The molecule has 2 saturated heterocycles. The maximum absolute atomic E-state index is 14.8. The molecule has 5 heterocycles. The zero-order valence-electron chi connectivity index (χ0n) is 17.7. The lowest BCUT2D eigenvalue weighted by atomic mass is 10.1. The van der Waals surface area contributed by atoms with E-state index in [0.29, 0.717) is 41.2 Å². The molecule has 0 N–H and O–H groups in total. The molecule has 3 aliphatic rings. The Kier molecular flexibility index (Phi) is 4.57. The van der Waals surface area contributed by atoms with Gasteiger partial charge in [0.15, 0.2) is 5.65 Å². The second-order valence-corrected chi connectivity index (χ2v) is 8.93. The number of ether oxygens (including phenoxy) is 1. The van der Waals surface area contributed by atoms with Gasteiger partial charge < -0.3 is 9.64 Å². The molecule has 31 heavy (non-hydrogen) atoms. The summed E-state index contributed by atoms with van der Waals surface area (Å²) in [5, 5.41) is 4.38. The van der Waals surface area contributed by atoms with E-state index in [-0.39, 0.29) is 5.82 Å². The molecule has 3 aliphatic heterocycles. The highest BCUT2D eigenvalue weighted by atomic mass is 19.1. The van der Waals surface area contributed by atoms with Crippen molar-refractivity contribution in [2.75, 3.05) is 51.3 Å². The molecular formula is C23H27FN6O. The van der Waals surface area contributed by atoms with E-state index in [4.69, 9.17) is 9.72 Å². The highest BCUT2D eigenvalue weighted by molar-refractivity contribution is 5.78. The summed E-state index contributed by atoms with van der Waals surface area (Å²) in [5.74, 6) is 1.26. The van der Waals surface area contributed by atoms with Crippen LogP contribution in [0, 0.1) is 5.82 Å². The summed E-state index contributed by atoms with van der Waals surface area (Å²) < 4.78 is 22.7. The van der Waals surface area contributed by atoms with Crippen LogP contribution in [0.4, 0.5) is 10.2 Å². The van der Waals surface area contributed by atoms with Gasteiger partial charge in [0.25, 0.3) is 0 Å². The van der Waals surface area contributed by atoms with Gasteiger partial charge in [0.2, 0.25) is 0 Å². The summed E-state index contributed by atoms with van der Waals surface area (Å²) in [5.41, 5.74) is 1.79. The number of likely N-dealkylation sites (N-methyl/N-ethyl adjacent to an activating group) is 1. The first-order valence-corrected chi connectivity index (χ1v) is 11.1. The molecule has 2 fully saturated rings. The van der Waals surface area contributed by atoms with E-state index in [2.05, 4.69) is 26.8 Å². The van der Waals surface area contributed by atoms with Crippen LogP contribution in [0.1, 0.15) is 12.8 Å². The quantitative estimate of drug-likeness (QED) is 0.555. The Hall–Kier alpha value is -2.71. The minimum absolute atomic E-state index is 0.297. The summed E-state index contributed by atoms with van der Waals surface area (Å²) >= 11 is 0. The lowest BCUT2D eigenvalue weighted by Gasteiger charge is -2.44. The van der Waals surface area contributed by atoms with Gasteiger partial charge in [0.1, 0.15) is 24.0 Å². The summed E-state index contributed by atoms with van der Waals surface area (Å²) in [6, 6.07) is 7.92. The minimum Gasteiger partial charge on any atom is -0.492 e. The number of nitrogens with zero attached hydrogens (tertiary/aromatic N) is 6. The normalized spacial score (nSPS) is 24.6. The molecule has 0 radical (unpaired) electrons. The predicted octanol–water partition coefficient (Wildman–Crippen LogP) is 2.51. The van der Waals surface area contributed by atoms with Gasteiger partial charge in [-0.05, 0) is 43.7 Å². The molecule has 1 aromatic carbocycles. The number of hydrogen-bond acceptors (Lipinski definition) is 6. The third kappa shape index (κ3) is 3.34. The van der Waals surface area contributed by atoms with Crippen molar-refractivity contribution in [2.24, 2.45) is 0 Å². The average Bonchev–Trinajstić information content (AvgIpc) is 3.42. The van der Waals surface area contributed by atoms with Gasteiger partial charge in [-0.3, -0.25) is 9.80 Å². The summed E-state index contributed by atoms with van der Waals surface area (Å²) in [7, 11) is 2.07. The van der Waals surface area contributed by atoms with Gasteiger partial charge in [-0.2, -0.15) is 5.10 Å². The summed E-state index contributed by atoms with van der Waals surface area (Å²) in [6.45, 7) is 5.73. The number of fused-ring (bicyclic) bond motifs is 6. The van der Waals surface area contributed by atoms with Crippen molar-refractivity contribution in [3.05, 3.63) is 42.5 Å². The molecule has 0 unspecified atom stereocenters. The molecule has 6 rings (SSSR count). The van der Waals surface area contributed by atoms with E-state index < -0.39 is 0 Å². The van der Waals surface area contributed by atoms with Gasteiger partial charge in [-0.15, -0.1) is 0 Å². The fraction of sp³-hybridized carbons (Fsp3) is 0.478. The molecule has 7 nitrogen and oxygen atoms in total. The van der Waals surface area contributed by atoms with Gasteiger partial charge >= 0.3 is 0 Å². The Labute approximate surface area is 181 Å². The molecular weight excluding hydrogens is 395 g/mol. The smallest absolute Gasteiger partial charge is 0.165 e. The molecule has 4 bridgehead atoms. The van der Waals surface area contributed by atoms with Crippen LogP contribution in [0.15, 0.2) is 36.7 Å². The van der Waals surface area contributed by atoms with Gasteiger partial charge in [0, 0.05) is 56.6 Å². The first-order valence-electron chi connectivity index (χ1n) is 11.1. The first kappa shape index (κ1) is 19.0. The Morgan fingerprint density at radius 2 is 1.90 bits per heavy atom. The third-order valence-corrected chi connectivity index (χ3v) is 7.04. The monoisotopic (exact) mass is 422 g/mol. The van der Waals surface area contributed by atoms with E-state index in [9.17, 15) is 4.39 Å². The highest BCUT2D eigenvalue weighted by Gasteiger charge is 2.36. The average molecular weight is 423 g/mol. The molecule has 162 valence electrons. The molecule has 8 heteroatoms. The van der Waals surface area contributed by atoms with Crippen molar-refractivity contribution in [3.8, 4) is 16.9 Å². The van der Waals surface area contributed by atoms with E-state index in [1.165, 1.54) is 25.5 Å². The van der Waals surface area contributed by atoms with E-state index in [1.807, 2.05) is 12.3 Å². The van der Waals surface area contributed by atoms with E-state index >= 15 is 0 Å². The molecule has 2 atom stereocenters. The fourth-order valence-electron chi connectivity index (χ4n) is 5.23. The van der Waals surface area contributed by atoms with Crippen LogP contribution in [-0.2, 0) is 0 Å². The molecule has 0 saturated carbocycles. The number of piperazine rings is 1. The van der Waals surface area contributed by atoms with Gasteiger partial charge in [-0.1, -0.05) is 0 Å². The zero-order chi connectivity index (χ0) is 20.9. The van der Waals surface area contributed by atoms with Crippen molar-refractivity contribution in [3.63, 3.8) is 0 Å². The molecule has 2 aromatic heterocycles. The maximum atomic E-state index is 14.8. The zero-order valence-corrected chi connectivity index (χ0v) is 17.7. The van der Waals surface area contributed by atoms with Crippen molar-refractivity contribution in [1.29, 1.82) is 0 Å². The van der Waals surface area contributed by atoms with Crippen LogP contribution >= 0.6 is 0 Å². The lowest BCUT2D eigenvalue weighted by molar-refractivity contribution is 0.0293. The molecule has 0 aliphatic carbocycles. The largest absolute Gasteiger partial charge is 0.492 e. The number of aromatic nitrogens is 3. The second kappa shape index (κ2) is 7.46. The van der Waals surface area contributed by atoms with Crippen molar-refractivity contribution < 1.29 is 9.13 Å². The second-order valence-electron chi connectivity index (χ2n) is 8.93.